The summed E-state index contributed by atoms with van der Waals surface area (Å²) in [5.74, 6) is 0.188. The van der Waals surface area contributed by atoms with Crippen molar-refractivity contribution in [2.45, 2.75) is 38.1 Å². The summed E-state index contributed by atoms with van der Waals surface area (Å²) < 4.78 is 2.11. The van der Waals surface area contributed by atoms with Gasteiger partial charge in [0.05, 0.1) is 18.9 Å². The van der Waals surface area contributed by atoms with Crippen LogP contribution >= 0.6 is 0 Å². The normalized spacial score (nSPS) is 19.6. The number of likely N-dealkylation sites (tertiary alicyclic amines) is 1. The molecule has 0 saturated carbocycles. The molecule has 1 saturated heterocycles. The first-order chi connectivity index (χ1) is 12.1. The van der Waals surface area contributed by atoms with Crippen LogP contribution in [-0.4, -0.2) is 27.8 Å². The third kappa shape index (κ3) is 3.06. The third-order valence-corrected chi connectivity index (χ3v) is 5.30. The molecule has 1 unspecified atom stereocenters. The molecule has 1 atom stereocenters. The Labute approximate surface area is 147 Å². The van der Waals surface area contributed by atoms with Gasteiger partial charge in [0.1, 0.15) is 0 Å². The summed E-state index contributed by atoms with van der Waals surface area (Å²) in [7, 11) is 2.04. The Hall–Kier alpha value is -2.56. The Balaban J connectivity index is 1.52. The number of nitrogens with one attached hydrogen (secondary N) is 1. The number of aryl methyl sites for hydroxylation is 1. The quantitative estimate of drug-likeness (QED) is 0.936. The Kier molecular flexibility index (Phi) is 4.07. The van der Waals surface area contributed by atoms with Gasteiger partial charge in [-0.3, -0.25) is 9.59 Å². The maximum Gasteiger partial charge on any atom is 0.228 e. The summed E-state index contributed by atoms with van der Waals surface area (Å²) in [5.41, 5.74) is 4.03. The summed E-state index contributed by atoms with van der Waals surface area (Å²) in [5, 5.41) is 2.86. The fourth-order valence-electron chi connectivity index (χ4n) is 4.01. The highest BCUT2D eigenvalue weighted by Crippen LogP contribution is 2.32. The molecule has 5 nitrogen and oxygen atoms in total. The third-order valence-electron chi connectivity index (χ3n) is 5.30. The molecule has 1 N–H and O–H groups in total. The van der Waals surface area contributed by atoms with Crippen LogP contribution < -0.4 is 5.32 Å². The van der Waals surface area contributed by atoms with E-state index < -0.39 is 0 Å². The first-order valence-corrected chi connectivity index (χ1v) is 8.94. The van der Waals surface area contributed by atoms with E-state index in [0.717, 1.165) is 42.6 Å². The van der Waals surface area contributed by atoms with E-state index in [1.54, 1.807) is 0 Å². The van der Waals surface area contributed by atoms with Gasteiger partial charge in [-0.15, -0.1) is 0 Å². The van der Waals surface area contributed by atoms with Crippen molar-refractivity contribution in [3.63, 3.8) is 0 Å². The smallest absolute Gasteiger partial charge is 0.228 e. The van der Waals surface area contributed by atoms with E-state index in [1.807, 2.05) is 42.4 Å². The van der Waals surface area contributed by atoms with E-state index in [1.165, 1.54) is 5.69 Å². The predicted octanol–water partition coefficient (Wildman–Crippen LogP) is 2.82. The highest BCUT2D eigenvalue weighted by Gasteiger charge is 2.29. The van der Waals surface area contributed by atoms with Crippen molar-refractivity contribution in [1.29, 1.82) is 0 Å². The van der Waals surface area contributed by atoms with Gasteiger partial charge in [0.2, 0.25) is 11.8 Å². The second-order valence-corrected chi connectivity index (χ2v) is 7.04. The zero-order chi connectivity index (χ0) is 17.4. The van der Waals surface area contributed by atoms with Gasteiger partial charge < -0.3 is 14.8 Å². The molecule has 4 rings (SSSR count). The lowest BCUT2D eigenvalue weighted by molar-refractivity contribution is -0.134. The molecule has 5 heteroatoms. The van der Waals surface area contributed by atoms with Crippen LogP contribution in [0.1, 0.15) is 42.1 Å². The lowest BCUT2D eigenvalue weighted by atomic mass is 9.97. The molecule has 0 spiro atoms. The van der Waals surface area contributed by atoms with Crippen LogP contribution in [0.3, 0.4) is 0 Å². The van der Waals surface area contributed by atoms with Gasteiger partial charge in [-0.1, -0.05) is 12.1 Å². The minimum absolute atomic E-state index is 0.0262. The molecule has 3 heterocycles. The van der Waals surface area contributed by atoms with E-state index in [-0.39, 0.29) is 17.9 Å². The zero-order valence-corrected chi connectivity index (χ0v) is 14.5. The molecular weight excluding hydrogens is 314 g/mol. The largest absolute Gasteiger partial charge is 0.353 e. The van der Waals surface area contributed by atoms with Crippen molar-refractivity contribution < 1.29 is 9.59 Å². The number of rotatable bonds is 3. The van der Waals surface area contributed by atoms with Gasteiger partial charge in [0, 0.05) is 31.2 Å². The van der Waals surface area contributed by atoms with Gasteiger partial charge in [0.25, 0.3) is 0 Å². The average Bonchev–Trinajstić information content (AvgIpc) is 3.19. The van der Waals surface area contributed by atoms with Crippen LogP contribution in [0.4, 0.5) is 5.69 Å². The van der Waals surface area contributed by atoms with Crippen LogP contribution in [0.15, 0.2) is 36.5 Å². The summed E-state index contributed by atoms with van der Waals surface area (Å²) in [6.45, 7) is 0.816. The minimum atomic E-state index is 0.0262. The van der Waals surface area contributed by atoms with Crippen molar-refractivity contribution in [1.82, 2.24) is 9.47 Å². The number of carbonyl (C=O) groups is 2. The van der Waals surface area contributed by atoms with E-state index in [9.17, 15) is 9.59 Å². The van der Waals surface area contributed by atoms with Crippen molar-refractivity contribution in [3.05, 3.63) is 53.3 Å². The van der Waals surface area contributed by atoms with Crippen LogP contribution in [0.25, 0.3) is 0 Å². The molecule has 1 fully saturated rings. The summed E-state index contributed by atoms with van der Waals surface area (Å²) in [6, 6.07) is 10.2. The van der Waals surface area contributed by atoms with Crippen molar-refractivity contribution >= 4 is 17.5 Å². The Morgan fingerprint density at radius 1 is 1.28 bits per heavy atom. The molecule has 0 radical (unpaired) electrons. The topological polar surface area (TPSA) is 54.3 Å². The number of hydrogen-bond donors (Lipinski definition) is 1. The molecule has 2 aromatic rings. The number of benzene rings is 1. The van der Waals surface area contributed by atoms with Crippen LogP contribution in [0.5, 0.6) is 0 Å². The average molecular weight is 337 g/mol. The molecule has 2 amide bonds. The number of hydrogen-bond acceptors (Lipinski definition) is 2. The molecule has 2 aliphatic rings. The van der Waals surface area contributed by atoms with E-state index >= 15 is 0 Å². The predicted molar refractivity (Wildman–Crippen MR) is 96.2 cm³/mol. The van der Waals surface area contributed by atoms with Crippen molar-refractivity contribution in [2.24, 2.45) is 7.05 Å². The number of amides is 2. The van der Waals surface area contributed by atoms with Crippen molar-refractivity contribution in [2.75, 3.05) is 11.9 Å². The Morgan fingerprint density at radius 2 is 2.16 bits per heavy atom. The molecule has 1 aromatic heterocycles. The first-order valence-electron chi connectivity index (χ1n) is 8.94. The number of carbonyl (C=O) groups excluding carboxylic acids is 2. The maximum atomic E-state index is 13.0. The number of piperidine rings is 1. The van der Waals surface area contributed by atoms with Gasteiger partial charge in [-0.05, 0) is 48.6 Å². The second-order valence-electron chi connectivity index (χ2n) is 7.04. The maximum absolute atomic E-state index is 13.0. The molecule has 130 valence electrons. The monoisotopic (exact) mass is 337 g/mol. The molecular formula is C20H23N3O2. The lowest BCUT2D eigenvalue weighted by Gasteiger charge is -2.36. The van der Waals surface area contributed by atoms with Gasteiger partial charge in [-0.2, -0.15) is 0 Å². The molecule has 0 bridgehead atoms. The second kappa shape index (κ2) is 6.39. The summed E-state index contributed by atoms with van der Waals surface area (Å²) in [4.78, 5) is 26.5. The van der Waals surface area contributed by atoms with E-state index in [2.05, 4.69) is 16.0 Å². The van der Waals surface area contributed by atoms with Crippen molar-refractivity contribution in [3.8, 4) is 0 Å². The minimum Gasteiger partial charge on any atom is -0.353 e. The lowest BCUT2D eigenvalue weighted by Crippen LogP contribution is -2.40. The summed E-state index contributed by atoms with van der Waals surface area (Å²) >= 11 is 0. The standard InChI is InChI=1S/C20H23N3O2/c1-22-9-4-6-17(22)18-5-2-3-10-23(18)20(25)12-14-7-8-15-13-19(24)21-16(15)11-14/h4,6-9,11,18H,2-3,5,10,12-13H2,1H3,(H,21,24). The SMILES string of the molecule is Cn1cccc1C1CCCCN1C(=O)Cc1ccc2c(c1)NC(=O)C2. The zero-order valence-electron chi connectivity index (χ0n) is 14.5. The molecule has 1 aromatic carbocycles. The molecule has 2 aliphatic heterocycles. The van der Waals surface area contributed by atoms with Gasteiger partial charge in [-0.25, -0.2) is 0 Å². The number of nitrogens with zero attached hydrogens (tertiary/aromatic N) is 2. The summed E-state index contributed by atoms with van der Waals surface area (Å²) in [6.07, 6.45) is 6.09. The van der Waals surface area contributed by atoms with E-state index in [0.29, 0.717) is 12.8 Å². The first kappa shape index (κ1) is 15.9. The van der Waals surface area contributed by atoms with Gasteiger partial charge >= 0.3 is 0 Å². The van der Waals surface area contributed by atoms with E-state index in [4.69, 9.17) is 0 Å². The number of fused-ring (bicyclic) bond motifs is 1. The number of anilines is 1. The molecule has 25 heavy (non-hydrogen) atoms. The van der Waals surface area contributed by atoms with Crippen LogP contribution in [0, 0.1) is 0 Å². The number of aromatic nitrogens is 1. The highest BCUT2D eigenvalue weighted by molar-refractivity contribution is 5.99. The highest BCUT2D eigenvalue weighted by atomic mass is 16.2. The fourth-order valence-corrected chi connectivity index (χ4v) is 4.01. The fraction of sp³-hybridized carbons (Fsp3) is 0.400. The van der Waals surface area contributed by atoms with Crippen LogP contribution in [0.2, 0.25) is 0 Å². The Bertz CT molecular complexity index is 824. The van der Waals surface area contributed by atoms with Crippen LogP contribution in [-0.2, 0) is 29.5 Å². The molecule has 0 aliphatic carbocycles. The Morgan fingerprint density at radius 3 is 2.96 bits per heavy atom. The van der Waals surface area contributed by atoms with Gasteiger partial charge in [0.15, 0.2) is 0 Å².